The van der Waals surface area contributed by atoms with Crippen LogP contribution in [0.15, 0.2) is 162 Å². The minimum Gasteiger partial charge on any atom is -0.455 e. The van der Waals surface area contributed by atoms with Gasteiger partial charge in [-0.1, -0.05) is 127 Å². The number of benzene rings is 7. The van der Waals surface area contributed by atoms with Crippen LogP contribution in [0.5, 0.6) is 0 Å². The Kier molecular flexibility index (Phi) is 6.05. The van der Waals surface area contributed by atoms with Gasteiger partial charge in [0.2, 0.25) is 0 Å². The highest BCUT2D eigenvalue weighted by atomic mass is 32.1. The monoisotopic (exact) mass is 630 g/mol. The van der Waals surface area contributed by atoms with Gasteiger partial charge in [0.15, 0.2) is 5.82 Å². The van der Waals surface area contributed by atoms with Crippen LogP contribution in [0, 0.1) is 0 Å². The molecule has 0 N–H and O–H groups in total. The molecule has 3 heterocycles. The first-order valence-corrected chi connectivity index (χ1v) is 16.9. The highest BCUT2D eigenvalue weighted by molar-refractivity contribution is 7.26. The number of nitrogens with zero attached hydrogens (tertiary/aromatic N) is 2. The van der Waals surface area contributed by atoms with Gasteiger partial charge in [0, 0.05) is 37.4 Å². The average molecular weight is 631 g/mol. The summed E-state index contributed by atoms with van der Waals surface area (Å²) in [6.07, 6.45) is 0. The van der Waals surface area contributed by atoms with E-state index in [1.807, 2.05) is 12.1 Å². The summed E-state index contributed by atoms with van der Waals surface area (Å²) < 4.78 is 8.94. The van der Waals surface area contributed by atoms with E-state index >= 15 is 0 Å². The SMILES string of the molecule is c1ccc(-c2ccc3c(c2)oc2c4ccccc4c(-c4cccc(-c5nc(-c6ccccc6)c6sc7ccccc7c6n5)c4)cc32)cc1. The van der Waals surface area contributed by atoms with E-state index in [4.69, 9.17) is 14.4 Å². The molecule has 0 saturated carbocycles. The summed E-state index contributed by atoms with van der Waals surface area (Å²) in [5.74, 6) is 0.722. The van der Waals surface area contributed by atoms with E-state index in [-0.39, 0.29) is 0 Å². The Balaban J connectivity index is 1.17. The molecule has 0 aliphatic heterocycles. The molecule has 3 aromatic heterocycles. The van der Waals surface area contributed by atoms with E-state index in [9.17, 15) is 0 Å². The third kappa shape index (κ3) is 4.27. The molecule has 7 aromatic carbocycles. The minimum absolute atomic E-state index is 0.722. The largest absolute Gasteiger partial charge is 0.455 e. The molecule has 0 spiro atoms. The van der Waals surface area contributed by atoms with Gasteiger partial charge in [0.25, 0.3) is 0 Å². The van der Waals surface area contributed by atoms with E-state index in [1.54, 1.807) is 11.3 Å². The van der Waals surface area contributed by atoms with E-state index in [1.165, 1.54) is 10.3 Å². The molecule has 48 heavy (non-hydrogen) atoms. The molecule has 0 bridgehead atoms. The van der Waals surface area contributed by atoms with Gasteiger partial charge in [-0.3, -0.25) is 0 Å². The maximum absolute atomic E-state index is 6.62. The van der Waals surface area contributed by atoms with Crippen LogP contribution in [0.4, 0.5) is 0 Å². The minimum atomic E-state index is 0.722. The first-order chi connectivity index (χ1) is 23.8. The standard InChI is InChI=1S/C44H26N2OS/c1-3-12-27(13-4-1)29-22-23-33-37-26-36(32-18-7-8-19-34(32)42(37)47-38(33)25-29)30-16-11-17-31(24-30)44-45-40(28-14-5-2-6-15-28)43-41(46-44)35-20-9-10-21-39(35)48-43/h1-26H. The molecule has 4 heteroatoms. The Hall–Kier alpha value is -6.10. The normalized spacial score (nSPS) is 11.8. The molecule has 0 aliphatic rings. The van der Waals surface area contributed by atoms with Gasteiger partial charge in [-0.05, 0) is 58.0 Å². The number of aromatic nitrogens is 2. The average Bonchev–Trinajstić information content (AvgIpc) is 3.73. The summed E-state index contributed by atoms with van der Waals surface area (Å²) in [6, 6.07) is 55.4. The zero-order chi connectivity index (χ0) is 31.6. The van der Waals surface area contributed by atoms with E-state index < -0.39 is 0 Å². The van der Waals surface area contributed by atoms with Crippen molar-refractivity contribution in [1.82, 2.24) is 9.97 Å². The van der Waals surface area contributed by atoms with Crippen LogP contribution in [0.25, 0.3) is 97.9 Å². The van der Waals surface area contributed by atoms with Crippen molar-refractivity contribution in [2.24, 2.45) is 0 Å². The second-order valence-electron chi connectivity index (χ2n) is 12.1. The molecular weight excluding hydrogens is 605 g/mol. The van der Waals surface area contributed by atoms with Gasteiger partial charge >= 0.3 is 0 Å². The lowest BCUT2D eigenvalue weighted by Gasteiger charge is -2.11. The lowest BCUT2D eigenvalue weighted by Crippen LogP contribution is -1.94. The van der Waals surface area contributed by atoms with E-state index in [0.29, 0.717) is 0 Å². The lowest BCUT2D eigenvalue weighted by molar-refractivity contribution is 0.673. The van der Waals surface area contributed by atoms with E-state index in [0.717, 1.165) is 87.6 Å². The summed E-state index contributed by atoms with van der Waals surface area (Å²) in [5, 5.41) is 5.63. The molecule has 10 rings (SSSR count). The third-order valence-corrected chi connectivity index (χ3v) is 10.5. The first-order valence-electron chi connectivity index (χ1n) is 16.1. The number of thiophene rings is 1. The maximum Gasteiger partial charge on any atom is 0.160 e. The Morgan fingerprint density at radius 2 is 1.12 bits per heavy atom. The number of rotatable bonds is 4. The Labute approximate surface area is 280 Å². The predicted octanol–water partition coefficient (Wildman–Crippen LogP) is 12.6. The molecule has 0 aliphatic carbocycles. The molecule has 224 valence electrons. The fourth-order valence-electron chi connectivity index (χ4n) is 6.98. The fourth-order valence-corrected chi connectivity index (χ4v) is 8.14. The summed E-state index contributed by atoms with van der Waals surface area (Å²) in [6.45, 7) is 0. The van der Waals surface area contributed by atoms with Crippen molar-refractivity contribution in [3.63, 3.8) is 0 Å². The second kappa shape index (κ2) is 10.7. The van der Waals surface area contributed by atoms with Crippen molar-refractivity contribution >= 4 is 64.4 Å². The molecule has 10 aromatic rings. The fraction of sp³-hybridized carbons (Fsp3) is 0. The summed E-state index contributed by atoms with van der Waals surface area (Å²) >= 11 is 1.76. The maximum atomic E-state index is 6.62. The summed E-state index contributed by atoms with van der Waals surface area (Å²) in [7, 11) is 0. The Morgan fingerprint density at radius 1 is 0.438 bits per heavy atom. The second-order valence-corrected chi connectivity index (χ2v) is 13.2. The lowest BCUT2D eigenvalue weighted by atomic mass is 9.94. The molecule has 0 atom stereocenters. The van der Waals surface area contributed by atoms with Crippen LogP contribution in [0.1, 0.15) is 0 Å². The number of furan rings is 1. The molecule has 0 unspecified atom stereocenters. The van der Waals surface area contributed by atoms with Crippen molar-refractivity contribution in [3.8, 4) is 44.9 Å². The molecule has 3 nitrogen and oxygen atoms in total. The Morgan fingerprint density at radius 3 is 1.96 bits per heavy atom. The number of fused-ring (bicyclic) bond motifs is 8. The topological polar surface area (TPSA) is 38.9 Å². The molecule has 0 radical (unpaired) electrons. The highest BCUT2D eigenvalue weighted by Gasteiger charge is 2.19. The quantitative estimate of drug-likeness (QED) is 0.194. The van der Waals surface area contributed by atoms with Gasteiger partial charge < -0.3 is 4.42 Å². The van der Waals surface area contributed by atoms with Gasteiger partial charge in [0.05, 0.1) is 15.9 Å². The van der Waals surface area contributed by atoms with Crippen molar-refractivity contribution in [1.29, 1.82) is 0 Å². The van der Waals surface area contributed by atoms with Gasteiger partial charge in [-0.2, -0.15) is 0 Å². The molecular formula is C44H26N2OS. The number of hydrogen-bond acceptors (Lipinski definition) is 4. The third-order valence-electron chi connectivity index (χ3n) is 9.28. The molecule has 0 saturated heterocycles. The van der Waals surface area contributed by atoms with Crippen LogP contribution >= 0.6 is 11.3 Å². The van der Waals surface area contributed by atoms with Gasteiger partial charge in [-0.15, -0.1) is 11.3 Å². The molecule has 0 amide bonds. The smallest absolute Gasteiger partial charge is 0.160 e. The van der Waals surface area contributed by atoms with Crippen molar-refractivity contribution in [2.75, 3.05) is 0 Å². The van der Waals surface area contributed by atoms with Crippen LogP contribution in [0.3, 0.4) is 0 Å². The van der Waals surface area contributed by atoms with Crippen molar-refractivity contribution in [3.05, 3.63) is 158 Å². The van der Waals surface area contributed by atoms with Crippen LogP contribution in [-0.2, 0) is 0 Å². The summed E-state index contributed by atoms with van der Waals surface area (Å²) in [5.41, 5.74) is 10.4. The van der Waals surface area contributed by atoms with E-state index in [2.05, 4.69) is 146 Å². The predicted molar refractivity (Wildman–Crippen MR) is 201 cm³/mol. The van der Waals surface area contributed by atoms with Gasteiger partial charge in [-0.25, -0.2) is 9.97 Å². The van der Waals surface area contributed by atoms with Crippen LogP contribution < -0.4 is 0 Å². The summed E-state index contributed by atoms with van der Waals surface area (Å²) in [4.78, 5) is 10.5. The van der Waals surface area contributed by atoms with Crippen molar-refractivity contribution in [2.45, 2.75) is 0 Å². The zero-order valence-corrected chi connectivity index (χ0v) is 26.5. The van der Waals surface area contributed by atoms with Gasteiger partial charge in [0.1, 0.15) is 11.2 Å². The van der Waals surface area contributed by atoms with Crippen LogP contribution in [0.2, 0.25) is 0 Å². The number of hydrogen-bond donors (Lipinski definition) is 0. The first kappa shape index (κ1) is 27.1. The van der Waals surface area contributed by atoms with Crippen LogP contribution in [-0.4, -0.2) is 9.97 Å². The zero-order valence-electron chi connectivity index (χ0n) is 25.7. The highest BCUT2D eigenvalue weighted by Crippen LogP contribution is 2.42. The van der Waals surface area contributed by atoms with Crippen molar-refractivity contribution < 1.29 is 4.42 Å². The molecule has 0 fully saturated rings. The Bertz CT molecular complexity index is 2830.